The van der Waals surface area contributed by atoms with Gasteiger partial charge in [0.15, 0.2) is 5.11 Å². The Labute approximate surface area is 164 Å². The zero-order valence-electron chi connectivity index (χ0n) is 15.7. The van der Waals surface area contributed by atoms with Crippen LogP contribution in [0.3, 0.4) is 0 Å². The van der Waals surface area contributed by atoms with Crippen molar-refractivity contribution in [1.82, 2.24) is 10.2 Å². The van der Waals surface area contributed by atoms with E-state index in [1.807, 2.05) is 29.3 Å². The monoisotopic (exact) mass is 385 g/mol. The molecule has 0 unspecified atom stereocenters. The lowest BCUT2D eigenvalue weighted by molar-refractivity contribution is -0.125. The maximum Gasteiger partial charge on any atom is 0.253 e. The number of carbonyl (C=O) groups excluding carboxylic acids is 1. The van der Waals surface area contributed by atoms with E-state index in [0.29, 0.717) is 5.11 Å². The van der Waals surface area contributed by atoms with Gasteiger partial charge < -0.3 is 10.2 Å². The van der Waals surface area contributed by atoms with Gasteiger partial charge in [-0.05, 0) is 61.6 Å². The first kappa shape index (κ1) is 18.6. The van der Waals surface area contributed by atoms with Crippen LogP contribution in [0.2, 0.25) is 0 Å². The van der Waals surface area contributed by atoms with Crippen molar-refractivity contribution in [2.24, 2.45) is 0 Å². The minimum absolute atomic E-state index is 0.00814. The third-order valence-corrected chi connectivity index (χ3v) is 5.79. The third-order valence-electron chi connectivity index (χ3n) is 4.55. The van der Waals surface area contributed by atoms with Gasteiger partial charge in [0.1, 0.15) is 0 Å². The lowest BCUT2D eigenvalue weighted by Gasteiger charge is -2.38. The number of hydrogen-bond acceptors (Lipinski definition) is 3. The molecule has 3 rings (SSSR count). The maximum absolute atomic E-state index is 13.0. The normalized spacial score (nSPS) is 17.3. The van der Waals surface area contributed by atoms with Gasteiger partial charge in [-0.1, -0.05) is 18.2 Å². The molecule has 26 heavy (non-hydrogen) atoms. The molecule has 0 radical (unpaired) electrons. The van der Waals surface area contributed by atoms with Crippen LogP contribution >= 0.6 is 23.6 Å². The highest BCUT2D eigenvalue weighted by atomic mass is 32.1. The SMILES string of the molecule is CC1=C(C(=O)N(C)C)[C@H](c2cccs2)NC(=S)N1c1cc(C)ccc1C. The smallest absolute Gasteiger partial charge is 0.253 e. The zero-order chi connectivity index (χ0) is 19.0. The first-order valence-electron chi connectivity index (χ1n) is 8.45. The summed E-state index contributed by atoms with van der Waals surface area (Å²) in [6.07, 6.45) is 0. The van der Waals surface area contributed by atoms with Crippen molar-refractivity contribution in [3.8, 4) is 0 Å². The highest BCUT2D eigenvalue weighted by Gasteiger charge is 2.36. The molecule has 0 saturated heterocycles. The number of rotatable bonds is 3. The molecule has 1 aliphatic heterocycles. The summed E-state index contributed by atoms with van der Waals surface area (Å²) in [5.41, 5.74) is 4.88. The molecule has 4 nitrogen and oxygen atoms in total. The number of benzene rings is 1. The number of nitrogens with one attached hydrogen (secondary N) is 1. The number of thiocarbonyl (C=S) groups is 1. The predicted octanol–water partition coefficient (Wildman–Crippen LogP) is 4.16. The summed E-state index contributed by atoms with van der Waals surface area (Å²) < 4.78 is 0. The van der Waals surface area contributed by atoms with Gasteiger partial charge in [0.05, 0.1) is 17.3 Å². The second kappa shape index (κ2) is 7.21. The standard InChI is InChI=1S/C20H23N3OS2/c1-12-8-9-13(2)15(11-12)23-14(3)17(19(24)22(4)5)18(21-20(23)25)16-7-6-10-26-16/h6-11,18H,1-5H3,(H,21,25)/t18-/m0/s1. The summed E-state index contributed by atoms with van der Waals surface area (Å²) in [7, 11) is 3.56. The fraction of sp³-hybridized carbons (Fsp3) is 0.300. The van der Waals surface area contributed by atoms with Crippen LogP contribution in [0.15, 0.2) is 47.0 Å². The quantitative estimate of drug-likeness (QED) is 0.805. The Hall–Kier alpha value is -2.18. The van der Waals surface area contributed by atoms with Crippen LogP contribution in [-0.2, 0) is 4.79 Å². The fourth-order valence-electron chi connectivity index (χ4n) is 3.18. The van der Waals surface area contributed by atoms with Crippen molar-refractivity contribution in [2.45, 2.75) is 26.8 Å². The summed E-state index contributed by atoms with van der Waals surface area (Å²) >= 11 is 7.33. The second-order valence-corrected chi connectivity index (χ2v) is 8.09. The molecule has 0 spiro atoms. The molecule has 0 aliphatic carbocycles. The summed E-state index contributed by atoms with van der Waals surface area (Å²) in [6, 6.07) is 10.1. The zero-order valence-corrected chi connectivity index (χ0v) is 17.3. The largest absolute Gasteiger partial charge is 0.350 e. The van der Waals surface area contributed by atoms with Gasteiger partial charge in [-0.25, -0.2) is 0 Å². The summed E-state index contributed by atoms with van der Waals surface area (Å²) in [5, 5.41) is 6.03. The highest BCUT2D eigenvalue weighted by Crippen LogP contribution is 2.37. The molecule has 136 valence electrons. The molecule has 1 atom stereocenters. The van der Waals surface area contributed by atoms with Crippen LogP contribution in [0.5, 0.6) is 0 Å². The van der Waals surface area contributed by atoms with Crippen molar-refractivity contribution in [3.63, 3.8) is 0 Å². The minimum atomic E-state index is -0.223. The van der Waals surface area contributed by atoms with Crippen LogP contribution in [0.25, 0.3) is 0 Å². The van der Waals surface area contributed by atoms with Gasteiger partial charge >= 0.3 is 0 Å². The number of carbonyl (C=O) groups is 1. The molecule has 1 aliphatic rings. The molecule has 1 aromatic carbocycles. The molecule has 0 bridgehead atoms. The van der Waals surface area contributed by atoms with E-state index in [1.165, 1.54) is 0 Å². The van der Waals surface area contributed by atoms with E-state index in [-0.39, 0.29) is 11.9 Å². The Morgan fingerprint density at radius 3 is 2.58 bits per heavy atom. The van der Waals surface area contributed by atoms with Gasteiger partial charge in [-0.3, -0.25) is 9.69 Å². The van der Waals surface area contributed by atoms with Crippen LogP contribution in [0, 0.1) is 13.8 Å². The molecular formula is C20H23N3OS2. The van der Waals surface area contributed by atoms with Gasteiger partial charge in [-0.2, -0.15) is 0 Å². The molecule has 1 N–H and O–H groups in total. The average Bonchev–Trinajstić information content (AvgIpc) is 3.11. The molecular weight excluding hydrogens is 362 g/mol. The predicted molar refractivity (Wildman–Crippen MR) is 113 cm³/mol. The van der Waals surface area contributed by atoms with Gasteiger partial charge in [-0.15, -0.1) is 11.3 Å². The topological polar surface area (TPSA) is 35.6 Å². The molecule has 1 aromatic heterocycles. The Bertz CT molecular complexity index is 884. The lowest BCUT2D eigenvalue weighted by Crippen LogP contribution is -2.49. The molecule has 2 heterocycles. The van der Waals surface area contributed by atoms with Gasteiger partial charge in [0, 0.05) is 24.7 Å². The van der Waals surface area contributed by atoms with Gasteiger partial charge in [0.2, 0.25) is 0 Å². The first-order chi connectivity index (χ1) is 12.3. The second-order valence-electron chi connectivity index (χ2n) is 6.72. The van der Waals surface area contributed by atoms with Crippen molar-refractivity contribution >= 4 is 40.3 Å². The Kier molecular flexibility index (Phi) is 5.16. The summed E-state index contributed by atoms with van der Waals surface area (Å²) in [6.45, 7) is 6.10. The number of nitrogens with zero attached hydrogens (tertiary/aromatic N) is 2. The average molecular weight is 386 g/mol. The fourth-order valence-corrected chi connectivity index (χ4v) is 4.32. The minimum Gasteiger partial charge on any atom is -0.350 e. The molecule has 2 aromatic rings. The number of amides is 1. The van der Waals surface area contributed by atoms with E-state index < -0.39 is 0 Å². The molecule has 1 amide bonds. The number of likely N-dealkylation sites (N-methyl/N-ethyl adjacent to an activating group) is 1. The van der Waals surface area contributed by atoms with E-state index in [4.69, 9.17) is 12.2 Å². The van der Waals surface area contributed by atoms with E-state index in [2.05, 4.69) is 37.4 Å². The number of aryl methyl sites for hydroxylation is 2. The van der Waals surface area contributed by atoms with Crippen molar-refractivity contribution in [2.75, 3.05) is 19.0 Å². The number of hydrogen-bond donors (Lipinski definition) is 1. The Balaban J connectivity index is 2.19. The van der Waals surface area contributed by atoms with Crippen LogP contribution in [0.1, 0.15) is 29.0 Å². The van der Waals surface area contributed by atoms with E-state index in [0.717, 1.165) is 33.0 Å². The van der Waals surface area contributed by atoms with Crippen LogP contribution in [-0.4, -0.2) is 30.0 Å². The van der Waals surface area contributed by atoms with E-state index in [9.17, 15) is 4.79 Å². The number of thiophene rings is 1. The van der Waals surface area contributed by atoms with Crippen LogP contribution in [0.4, 0.5) is 5.69 Å². The Morgan fingerprint density at radius 2 is 1.96 bits per heavy atom. The van der Waals surface area contributed by atoms with Crippen molar-refractivity contribution in [1.29, 1.82) is 0 Å². The molecule has 6 heteroatoms. The van der Waals surface area contributed by atoms with Crippen molar-refractivity contribution in [3.05, 3.63) is 63.0 Å². The van der Waals surface area contributed by atoms with Gasteiger partial charge in [0.25, 0.3) is 5.91 Å². The first-order valence-corrected chi connectivity index (χ1v) is 9.73. The summed E-state index contributed by atoms with van der Waals surface area (Å²) in [4.78, 5) is 17.7. The number of allylic oxidation sites excluding steroid dienone is 1. The summed E-state index contributed by atoms with van der Waals surface area (Å²) in [5.74, 6) is -0.00814. The highest BCUT2D eigenvalue weighted by molar-refractivity contribution is 7.80. The van der Waals surface area contributed by atoms with Crippen LogP contribution < -0.4 is 10.2 Å². The molecule has 0 fully saturated rings. The maximum atomic E-state index is 13.0. The van der Waals surface area contributed by atoms with E-state index >= 15 is 0 Å². The van der Waals surface area contributed by atoms with Crippen molar-refractivity contribution < 1.29 is 4.79 Å². The molecule has 0 saturated carbocycles. The third kappa shape index (κ3) is 3.27. The lowest BCUT2D eigenvalue weighted by atomic mass is 9.98. The Morgan fingerprint density at radius 1 is 1.23 bits per heavy atom. The van der Waals surface area contributed by atoms with E-state index in [1.54, 1.807) is 30.3 Å². The number of anilines is 1.